The smallest absolute Gasteiger partial charge is 0.271 e. The molecule has 0 bridgehead atoms. The molecule has 0 aliphatic heterocycles. The maximum absolute atomic E-state index is 14.1. The van der Waals surface area contributed by atoms with Gasteiger partial charge in [0.05, 0.1) is 21.3 Å². The Bertz CT molecular complexity index is 1040. The fourth-order valence-corrected chi connectivity index (χ4v) is 3.47. The van der Waals surface area contributed by atoms with Crippen LogP contribution >= 0.6 is 22.9 Å². The van der Waals surface area contributed by atoms with Crippen LogP contribution in [0.5, 0.6) is 5.75 Å². The summed E-state index contributed by atoms with van der Waals surface area (Å²) >= 11 is 7.15. The first-order valence-corrected chi connectivity index (χ1v) is 9.19. The molecular formula is C18H13ClFN3O4S. The number of aromatic nitrogens is 1. The molecule has 0 unspecified atom stereocenters. The summed E-state index contributed by atoms with van der Waals surface area (Å²) < 4.78 is 19.6. The highest BCUT2D eigenvalue weighted by molar-refractivity contribution is 7.14. The van der Waals surface area contributed by atoms with E-state index in [0.29, 0.717) is 10.8 Å². The van der Waals surface area contributed by atoms with Crippen molar-refractivity contribution in [2.45, 2.75) is 13.5 Å². The number of nitro groups is 1. The van der Waals surface area contributed by atoms with Gasteiger partial charge in [-0.3, -0.25) is 19.8 Å². The highest BCUT2D eigenvalue weighted by Gasteiger charge is 2.21. The van der Waals surface area contributed by atoms with Crippen molar-refractivity contribution in [3.63, 3.8) is 0 Å². The van der Waals surface area contributed by atoms with Crippen molar-refractivity contribution in [1.82, 2.24) is 4.98 Å². The zero-order chi connectivity index (χ0) is 20.3. The minimum atomic E-state index is -0.554. The Morgan fingerprint density at radius 1 is 1.36 bits per heavy atom. The number of carbonyl (C=O) groups is 1. The molecule has 2 aromatic carbocycles. The first-order valence-electron chi connectivity index (χ1n) is 7.93. The van der Waals surface area contributed by atoms with Crippen LogP contribution in [0.4, 0.5) is 20.9 Å². The van der Waals surface area contributed by atoms with Crippen molar-refractivity contribution in [3.8, 4) is 5.75 Å². The quantitative estimate of drug-likeness (QED) is 0.408. The Balaban J connectivity index is 1.77. The number of non-ortho nitro benzene ring substituents is 1. The molecule has 1 heterocycles. The number of ether oxygens (including phenoxy) is 1. The van der Waals surface area contributed by atoms with Crippen LogP contribution in [0.2, 0.25) is 5.02 Å². The third-order valence-corrected chi connectivity index (χ3v) is 4.81. The number of nitro benzene ring substituents is 1. The van der Waals surface area contributed by atoms with E-state index in [-0.39, 0.29) is 34.7 Å². The topological polar surface area (TPSA) is 85.6 Å². The normalized spacial score (nSPS) is 10.5. The zero-order valence-electron chi connectivity index (χ0n) is 14.5. The molecule has 0 saturated carbocycles. The fraction of sp³-hybridized carbons (Fsp3) is 0.111. The lowest BCUT2D eigenvalue weighted by molar-refractivity contribution is -0.384. The monoisotopic (exact) mass is 421 g/mol. The van der Waals surface area contributed by atoms with Crippen molar-refractivity contribution in [2.24, 2.45) is 0 Å². The molecule has 1 amide bonds. The highest BCUT2D eigenvalue weighted by atomic mass is 35.5. The lowest BCUT2D eigenvalue weighted by atomic mass is 10.3. The second kappa shape index (κ2) is 8.32. The highest BCUT2D eigenvalue weighted by Crippen LogP contribution is 2.32. The van der Waals surface area contributed by atoms with Gasteiger partial charge < -0.3 is 4.74 Å². The molecule has 144 valence electrons. The maximum Gasteiger partial charge on any atom is 0.271 e. The average molecular weight is 422 g/mol. The Morgan fingerprint density at radius 3 is 2.75 bits per heavy atom. The minimum absolute atomic E-state index is 0.0248. The third-order valence-electron chi connectivity index (χ3n) is 3.64. The van der Waals surface area contributed by atoms with Crippen LogP contribution in [-0.2, 0) is 11.4 Å². The fourth-order valence-electron chi connectivity index (χ4n) is 2.38. The molecule has 0 saturated heterocycles. The van der Waals surface area contributed by atoms with E-state index in [1.54, 1.807) is 11.4 Å². The molecule has 0 atom stereocenters. The number of rotatable bonds is 6. The molecule has 0 spiro atoms. The number of carbonyl (C=O) groups excluding carboxylic acids is 1. The van der Waals surface area contributed by atoms with Gasteiger partial charge >= 0.3 is 0 Å². The van der Waals surface area contributed by atoms with Crippen LogP contribution < -0.4 is 9.64 Å². The van der Waals surface area contributed by atoms with Gasteiger partial charge in [-0.1, -0.05) is 23.7 Å². The Kier molecular flexibility index (Phi) is 5.86. The molecule has 0 aliphatic rings. The number of amides is 1. The largest absolute Gasteiger partial charge is 0.486 e. The second-order valence-electron chi connectivity index (χ2n) is 5.59. The zero-order valence-corrected chi connectivity index (χ0v) is 16.0. The molecule has 7 nitrogen and oxygen atoms in total. The van der Waals surface area contributed by atoms with Gasteiger partial charge in [0.25, 0.3) is 5.69 Å². The van der Waals surface area contributed by atoms with Gasteiger partial charge in [-0.2, -0.15) is 0 Å². The van der Waals surface area contributed by atoms with Crippen LogP contribution in [0.25, 0.3) is 0 Å². The second-order valence-corrected chi connectivity index (χ2v) is 6.83. The number of benzene rings is 2. The molecule has 10 heteroatoms. The molecule has 28 heavy (non-hydrogen) atoms. The number of nitrogens with zero attached hydrogens (tertiary/aromatic N) is 3. The predicted octanol–water partition coefficient (Wildman–Crippen LogP) is 5.11. The summed E-state index contributed by atoms with van der Waals surface area (Å²) in [6.07, 6.45) is 0. The Morgan fingerprint density at radius 2 is 2.11 bits per heavy atom. The summed E-state index contributed by atoms with van der Waals surface area (Å²) in [6.45, 7) is 1.34. The van der Waals surface area contributed by atoms with Crippen LogP contribution in [0.3, 0.4) is 0 Å². The van der Waals surface area contributed by atoms with Crippen molar-refractivity contribution in [3.05, 3.63) is 74.5 Å². The van der Waals surface area contributed by atoms with E-state index < -0.39 is 10.7 Å². The molecule has 0 radical (unpaired) electrons. The summed E-state index contributed by atoms with van der Waals surface area (Å²) in [4.78, 5) is 27.7. The van der Waals surface area contributed by atoms with Crippen molar-refractivity contribution < 1.29 is 18.8 Å². The van der Waals surface area contributed by atoms with Gasteiger partial charge in [-0.05, 0) is 18.2 Å². The molecular weight excluding hydrogens is 409 g/mol. The number of halogens is 2. The third kappa shape index (κ3) is 4.26. The summed E-state index contributed by atoms with van der Waals surface area (Å²) in [5, 5.41) is 12.8. The first kappa shape index (κ1) is 19.7. The van der Waals surface area contributed by atoms with Crippen molar-refractivity contribution >= 4 is 45.4 Å². The van der Waals surface area contributed by atoms with Gasteiger partial charge in [0.15, 0.2) is 5.13 Å². The van der Waals surface area contributed by atoms with E-state index >= 15 is 0 Å². The molecule has 3 aromatic rings. The summed E-state index contributed by atoms with van der Waals surface area (Å²) in [7, 11) is 0. The van der Waals surface area contributed by atoms with E-state index in [2.05, 4.69) is 4.98 Å². The van der Waals surface area contributed by atoms with Gasteiger partial charge in [-0.15, -0.1) is 11.3 Å². The van der Waals surface area contributed by atoms with Gasteiger partial charge in [0.2, 0.25) is 5.91 Å². The predicted molar refractivity (Wildman–Crippen MR) is 104 cm³/mol. The first-order chi connectivity index (χ1) is 13.4. The molecule has 3 rings (SSSR count). The molecule has 0 fully saturated rings. The lowest BCUT2D eigenvalue weighted by Gasteiger charge is -2.18. The van der Waals surface area contributed by atoms with Gasteiger partial charge in [0, 0.05) is 24.4 Å². The molecule has 0 N–H and O–H groups in total. The average Bonchev–Trinajstić information content (AvgIpc) is 3.10. The van der Waals surface area contributed by atoms with E-state index in [1.807, 2.05) is 0 Å². The van der Waals surface area contributed by atoms with E-state index in [9.17, 15) is 19.3 Å². The van der Waals surface area contributed by atoms with Gasteiger partial charge in [-0.25, -0.2) is 9.37 Å². The Labute approximate surface area is 168 Å². The van der Waals surface area contributed by atoms with Crippen LogP contribution in [-0.4, -0.2) is 15.8 Å². The summed E-state index contributed by atoms with van der Waals surface area (Å²) in [6, 6.07) is 9.79. The van der Waals surface area contributed by atoms with E-state index in [4.69, 9.17) is 16.3 Å². The van der Waals surface area contributed by atoms with Gasteiger partial charge in [0.1, 0.15) is 18.2 Å². The maximum atomic E-state index is 14.1. The number of hydrogen-bond acceptors (Lipinski definition) is 6. The van der Waals surface area contributed by atoms with Crippen LogP contribution in [0.15, 0.2) is 47.8 Å². The van der Waals surface area contributed by atoms with Crippen molar-refractivity contribution in [1.29, 1.82) is 0 Å². The van der Waals surface area contributed by atoms with Crippen LogP contribution in [0, 0.1) is 15.9 Å². The molecule has 0 aliphatic carbocycles. The minimum Gasteiger partial charge on any atom is -0.486 e. The number of hydrogen-bond donors (Lipinski definition) is 0. The summed E-state index contributed by atoms with van der Waals surface area (Å²) in [5.74, 6) is -0.659. The van der Waals surface area contributed by atoms with Crippen LogP contribution in [0.1, 0.15) is 12.6 Å². The Hall–Kier alpha value is -3.04. The SMILES string of the molecule is CC(=O)N(c1nc(COc2ccc([N+](=O)[O-])cc2Cl)cs1)c1ccccc1F. The van der Waals surface area contributed by atoms with E-state index in [1.165, 1.54) is 48.2 Å². The molecule has 1 aromatic heterocycles. The van der Waals surface area contributed by atoms with Crippen molar-refractivity contribution in [2.75, 3.05) is 4.90 Å². The standard InChI is InChI=1S/C18H13ClFN3O4S/c1-11(24)22(16-5-3-2-4-15(16)20)18-21-12(10-28-18)9-27-17-7-6-13(23(25)26)8-14(17)19/h2-8,10H,9H2,1H3. The van der Waals surface area contributed by atoms with E-state index in [0.717, 1.165) is 11.3 Å². The number of anilines is 2. The number of para-hydroxylation sites is 1. The number of thiazole rings is 1. The lowest BCUT2D eigenvalue weighted by Crippen LogP contribution is -2.23. The summed E-state index contributed by atoms with van der Waals surface area (Å²) in [5.41, 5.74) is 0.461.